The topological polar surface area (TPSA) is 35.5 Å². The fourth-order valence-corrected chi connectivity index (χ4v) is 2.62. The zero-order valence-corrected chi connectivity index (χ0v) is 13.0. The molecule has 0 bridgehead atoms. The van der Waals surface area contributed by atoms with Gasteiger partial charge in [0.15, 0.2) is 5.78 Å². The zero-order valence-electron chi connectivity index (χ0n) is 12.2. The van der Waals surface area contributed by atoms with Crippen LogP contribution < -0.4 is 9.47 Å². The molecule has 0 heterocycles. The molecular weight excluding hydrogens is 284 g/mol. The zero-order chi connectivity index (χ0) is 15.1. The number of hydrogen-bond acceptors (Lipinski definition) is 4. The molecule has 0 saturated heterocycles. The van der Waals surface area contributed by atoms with Crippen LogP contribution in [0.1, 0.15) is 17.3 Å². The van der Waals surface area contributed by atoms with Crippen LogP contribution in [0.3, 0.4) is 0 Å². The maximum Gasteiger partial charge on any atom is 0.163 e. The molecule has 0 atom stereocenters. The normalized spacial score (nSPS) is 10.2. The highest BCUT2D eigenvalue weighted by molar-refractivity contribution is 7.99. The molecule has 2 rings (SSSR count). The van der Waals surface area contributed by atoms with Crippen molar-refractivity contribution in [2.75, 3.05) is 19.5 Å². The summed E-state index contributed by atoms with van der Waals surface area (Å²) in [6.45, 7) is 2.07. The van der Waals surface area contributed by atoms with Gasteiger partial charge in [0, 0.05) is 16.7 Å². The van der Waals surface area contributed by atoms with Crippen molar-refractivity contribution in [1.29, 1.82) is 0 Å². The number of hydrogen-bond donors (Lipinski definition) is 0. The number of thioether (sulfide) groups is 1. The van der Waals surface area contributed by atoms with Gasteiger partial charge in [0.25, 0.3) is 0 Å². The lowest BCUT2D eigenvalue weighted by molar-refractivity contribution is 0.101. The van der Waals surface area contributed by atoms with E-state index in [1.807, 2.05) is 18.2 Å². The van der Waals surface area contributed by atoms with E-state index in [-0.39, 0.29) is 5.78 Å². The molecule has 4 heteroatoms. The van der Waals surface area contributed by atoms with Crippen molar-refractivity contribution in [1.82, 2.24) is 0 Å². The summed E-state index contributed by atoms with van der Waals surface area (Å²) in [5.74, 6) is 2.07. The summed E-state index contributed by atoms with van der Waals surface area (Å²) in [6.07, 6.45) is 0. The largest absolute Gasteiger partial charge is 0.497 e. The van der Waals surface area contributed by atoms with Gasteiger partial charge in [-0.05, 0) is 31.2 Å². The van der Waals surface area contributed by atoms with Crippen LogP contribution >= 0.6 is 11.8 Å². The van der Waals surface area contributed by atoms with E-state index in [1.165, 1.54) is 11.8 Å². The van der Waals surface area contributed by atoms with Gasteiger partial charge < -0.3 is 9.47 Å². The van der Waals surface area contributed by atoms with E-state index in [4.69, 9.17) is 9.47 Å². The molecule has 0 unspecified atom stereocenters. The molecule has 0 radical (unpaired) electrons. The SMILES string of the molecule is COc1ccc(C(C)=O)c(OCCSc2ccccc2)c1. The second-order valence-electron chi connectivity index (χ2n) is 4.43. The number of carbonyl (C=O) groups is 1. The average molecular weight is 302 g/mol. The van der Waals surface area contributed by atoms with Gasteiger partial charge in [-0.3, -0.25) is 4.79 Å². The molecule has 2 aromatic carbocycles. The lowest BCUT2D eigenvalue weighted by Gasteiger charge is -2.11. The van der Waals surface area contributed by atoms with Crippen molar-refractivity contribution >= 4 is 17.5 Å². The third kappa shape index (κ3) is 4.53. The number of ketones is 1. The second-order valence-corrected chi connectivity index (χ2v) is 5.60. The minimum atomic E-state index is -0.0108. The summed E-state index contributed by atoms with van der Waals surface area (Å²) in [5, 5.41) is 0. The van der Waals surface area contributed by atoms with E-state index in [9.17, 15) is 4.79 Å². The molecule has 0 aromatic heterocycles. The summed E-state index contributed by atoms with van der Waals surface area (Å²) in [5.41, 5.74) is 0.584. The third-order valence-electron chi connectivity index (χ3n) is 2.92. The smallest absolute Gasteiger partial charge is 0.163 e. The minimum Gasteiger partial charge on any atom is -0.497 e. The molecule has 3 nitrogen and oxygen atoms in total. The fourth-order valence-electron chi connectivity index (χ4n) is 1.87. The number of ether oxygens (including phenoxy) is 2. The van der Waals surface area contributed by atoms with Crippen LogP contribution in [0.2, 0.25) is 0 Å². The Morgan fingerprint density at radius 3 is 2.57 bits per heavy atom. The highest BCUT2D eigenvalue weighted by Crippen LogP contribution is 2.26. The van der Waals surface area contributed by atoms with Crippen LogP contribution in [0, 0.1) is 0 Å². The van der Waals surface area contributed by atoms with Crippen molar-refractivity contribution in [3.63, 3.8) is 0 Å². The number of benzene rings is 2. The van der Waals surface area contributed by atoms with Gasteiger partial charge in [0.1, 0.15) is 11.5 Å². The van der Waals surface area contributed by atoms with Crippen molar-refractivity contribution in [2.45, 2.75) is 11.8 Å². The average Bonchev–Trinajstić information content (AvgIpc) is 2.52. The Kier molecular flexibility index (Phi) is 5.69. The Morgan fingerprint density at radius 1 is 1.14 bits per heavy atom. The van der Waals surface area contributed by atoms with Crippen molar-refractivity contribution in [3.8, 4) is 11.5 Å². The van der Waals surface area contributed by atoms with Gasteiger partial charge >= 0.3 is 0 Å². The Morgan fingerprint density at radius 2 is 1.90 bits per heavy atom. The summed E-state index contributed by atoms with van der Waals surface area (Å²) in [7, 11) is 1.60. The van der Waals surface area contributed by atoms with Crippen LogP contribution in [0.15, 0.2) is 53.4 Å². The van der Waals surface area contributed by atoms with Gasteiger partial charge in [-0.1, -0.05) is 18.2 Å². The Balaban J connectivity index is 1.94. The van der Waals surface area contributed by atoms with Gasteiger partial charge in [0.05, 0.1) is 19.3 Å². The number of carbonyl (C=O) groups excluding carboxylic acids is 1. The van der Waals surface area contributed by atoms with Crippen LogP contribution in [-0.2, 0) is 0 Å². The maximum atomic E-state index is 11.6. The Hall–Kier alpha value is -1.94. The van der Waals surface area contributed by atoms with E-state index in [0.717, 1.165) is 5.75 Å². The molecule has 21 heavy (non-hydrogen) atoms. The van der Waals surface area contributed by atoms with Crippen molar-refractivity contribution in [2.24, 2.45) is 0 Å². The van der Waals surface area contributed by atoms with E-state index in [1.54, 1.807) is 37.1 Å². The molecular formula is C17H18O3S. The molecule has 0 N–H and O–H groups in total. The quantitative estimate of drug-likeness (QED) is 0.439. The lowest BCUT2D eigenvalue weighted by atomic mass is 10.1. The first kappa shape index (κ1) is 15.4. The Bertz CT molecular complexity index is 596. The molecule has 0 fully saturated rings. The highest BCUT2D eigenvalue weighted by atomic mass is 32.2. The van der Waals surface area contributed by atoms with Gasteiger partial charge in [-0.2, -0.15) is 0 Å². The molecule has 110 valence electrons. The molecule has 0 spiro atoms. The van der Waals surface area contributed by atoms with Gasteiger partial charge in [-0.25, -0.2) is 0 Å². The summed E-state index contributed by atoms with van der Waals surface area (Å²) < 4.78 is 10.9. The third-order valence-corrected chi connectivity index (χ3v) is 3.90. The summed E-state index contributed by atoms with van der Waals surface area (Å²) in [4.78, 5) is 12.8. The van der Waals surface area contributed by atoms with E-state index < -0.39 is 0 Å². The first-order valence-electron chi connectivity index (χ1n) is 6.70. The molecule has 0 aliphatic carbocycles. The lowest BCUT2D eigenvalue weighted by Crippen LogP contribution is -2.05. The predicted octanol–water partition coefficient (Wildman–Crippen LogP) is 4.07. The number of rotatable bonds is 7. The van der Waals surface area contributed by atoms with E-state index >= 15 is 0 Å². The molecule has 0 amide bonds. The van der Waals surface area contributed by atoms with E-state index in [0.29, 0.717) is 23.7 Å². The monoisotopic (exact) mass is 302 g/mol. The molecule has 0 aliphatic rings. The van der Waals surface area contributed by atoms with Crippen LogP contribution in [0.25, 0.3) is 0 Å². The number of Topliss-reactive ketones (excluding diaryl/α,β-unsaturated/α-hetero) is 1. The van der Waals surface area contributed by atoms with Crippen LogP contribution in [-0.4, -0.2) is 25.3 Å². The van der Waals surface area contributed by atoms with Crippen molar-refractivity contribution in [3.05, 3.63) is 54.1 Å². The van der Waals surface area contributed by atoms with Crippen LogP contribution in [0.4, 0.5) is 0 Å². The maximum absolute atomic E-state index is 11.6. The second kappa shape index (κ2) is 7.74. The fraction of sp³-hybridized carbons (Fsp3) is 0.235. The first-order chi connectivity index (χ1) is 10.2. The first-order valence-corrected chi connectivity index (χ1v) is 7.69. The van der Waals surface area contributed by atoms with Crippen LogP contribution in [0.5, 0.6) is 11.5 Å². The van der Waals surface area contributed by atoms with Crippen molar-refractivity contribution < 1.29 is 14.3 Å². The molecule has 0 saturated carbocycles. The summed E-state index contributed by atoms with van der Waals surface area (Å²) >= 11 is 1.72. The standard InChI is InChI=1S/C17H18O3S/c1-13(18)16-9-8-14(19-2)12-17(16)20-10-11-21-15-6-4-3-5-7-15/h3-9,12H,10-11H2,1-2H3. The predicted molar refractivity (Wildman–Crippen MR) is 85.7 cm³/mol. The Labute approximate surface area is 129 Å². The highest BCUT2D eigenvalue weighted by Gasteiger charge is 2.10. The minimum absolute atomic E-state index is 0.0108. The number of methoxy groups -OCH3 is 1. The molecule has 0 aliphatic heterocycles. The molecule has 2 aromatic rings. The van der Waals surface area contributed by atoms with Gasteiger partial charge in [-0.15, -0.1) is 11.8 Å². The van der Waals surface area contributed by atoms with Gasteiger partial charge in [0.2, 0.25) is 0 Å². The van der Waals surface area contributed by atoms with E-state index in [2.05, 4.69) is 12.1 Å². The summed E-state index contributed by atoms with van der Waals surface area (Å²) in [6, 6.07) is 15.4.